The van der Waals surface area contributed by atoms with Crippen LogP contribution in [0.15, 0.2) is 23.0 Å². The number of benzene rings is 1. The van der Waals surface area contributed by atoms with Crippen molar-refractivity contribution >= 4 is 11.0 Å². The molecule has 3 rings (SSSR count). The molecule has 1 atom stereocenters. The number of para-hydroxylation sites is 1. The van der Waals surface area contributed by atoms with Gasteiger partial charge in [-0.05, 0) is 18.6 Å². The van der Waals surface area contributed by atoms with Gasteiger partial charge in [-0.1, -0.05) is 6.07 Å². The van der Waals surface area contributed by atoms with Gasteiger partial charge in [-0.25, -0.2) is 9.18 Å². The van der Waals surface area contributed by atoms with Crippen LogP contribution in [0.1, 0.15) is 6.42 Å². The Bertz CT molecular complexity index is 596. The first-order valence-electron chi connectivity index (χ1n) is 5.70. The number of H-pyrrole nitrogens is 1. The first-order valence-corrected chi connectivity index (χ1v) is 5.70. The van der Waals surface area contributed by atoms with Gasteiger partial charge in [0.1, 0.15) is 11.3 Å². The number of aromatic nitrogens is 2. The SMILES string of the molecule is O=c1[nH]c2c(F)cccc2n1CC1CCOC1. The Kier molecular flexibility index (Phi) is 2.48. The molecule has 0 amide bonds. The Morgan fingerprint density at radius 1 is 1.53 bits per heavy atom. The van der Waals surface area contributed by atoms with Crippen LogP contribution >= 0.6 is 0 Å². The number of fused-ring (bicyclic) bond motifs is 1. The third-order valence-electron chi connectivity index (χ3n) is 3.22. The second kappa shape index (κ2) is 4.00. The zero-order chi connectivity index (χ0) is 11.8. The van der Waals surface area contributed by atoms with Gasteiger partial charge in [0, 0.05) is 19.1 Å². The fourth-order valence-corrected chi connectivity index (χ4v) is 2.31. The van der Waals surface area contributed by atoms with E-state index in [1.807, 2.05) is 0 Å². The molecule has 0 radical (unpaired) electrons. The van der Waals surface area contributed by atoms with Gasteiger partial charge < -0.3 is 9.72 Å². The lowest BCUT2D eigenvalue weighted by Crippen LogP contribution is -2.21. The van der Waals surface area contributed by atoms with Crippen LogP contribution < -0.4 is 5.69 Å². The first-order chi connectivity index (χ1) is 8.25. The van der Waals surface area contributed by atoms with E-state index in [9.17, 15) is 9.18 Å². The van der Waals surface area contributed by atoms with Gasteiger partial charge in [0.05, 0.1) is 12.1 Å². The predicted octanol–water partition coefficient (Wildman–Crippen LogP) is 1.51. The van der Waals surface area contributed by atoms with Crippen LogP contribution in [0, 0.1) is 11.7 Å². The van der Waals surface area contributed by atoms with E-state index in [0.29, 0.717) is 24.6 Å². The van der Waals surface area contributed by atoms with Crippen LogP contribution in [0.25, 0.3) is 11.0 Å². The summed E-state index contributed by atoms with van der Waals surface area (Å²) in [5.41, 5.74) is 0.662. The molecule has 0 bridgehead atoms. The summed E-state index contributed by atoms with van der Waals surface area (Å²) in [6.07, 6.45) is 0.953. The van der Waals surface area contributed by atoms with Gasteiger partial charge >= 0.3 is 5.69 Å². The van der Waals surface area contributed by atoms with Gasteiger partial charge in [-0.15, -0.1) is 0 Å². The van der Waals surface area contributed by atoms with Crippen molar-refractivity contribution in [3.05, 3.63) is 34.5 Å². The molecule has 1 aliphatic rings. The van der Waals surface area contributed by atoms with Gasteiger partial charge in [0.25, 0.3) is 0 Å². The van der Waals surface area contributed by atoms with Crippen molar-refractivity contribution in [2.75, 3.05) is 13.2 Å². The third kappa shape index (κ3) is 1.76. The fraction of sp³-hybridized carbons (Fsp3) is 0.417. The summed E-state index contributed by atoms with van der Waals surface area (Å²) in [6.45, 7) is 2.01. The summed E-state index contributed by atoms with van der Waals surface area (Å²) in [6, 6.07) is 4.72. The van der Waals surface area contributed by atoms with E-state index in [1.165, 1.54) is 6.07 Å². The normalized spacial score (nSPS) is 20.2. The quantitative estimate of drug-likeness (QED) is 0.859. The number of nitrogens with zero attached hydrogens (tertiary/aromatic N) is 1. The minimum absolute atomic E-state index is 0.253. The van der Waals surface area contributed by atoms with Crippen molar-refractivity contribution < 1.29 is 9.13 Å². The Hall–Kier alpha value is -1.62. The Morgan fingerprint density at radius 2 is 2.41 bits per heavy atom. The molecule has 1 unspecified atom stereocenters. The number of nitrogens with one attached hydrogen (secondary N) is 1. The van der Waals surface area contributed by atoms with E-state index >= 15 is 0 Å². The lowest BCUT2D eigenvalue weighted by molar-refractivity contribution is 0.182. The summed E-state index contributed by atoms with van der Waals surface area (Å²) < 4.78 is 20.4. The molecule has 1 aliphatic heterocycles. The van der Waals surface area contributed by atoms with Crippen LogP contribution in [0.2, 0.25) is 0 Å². The zero-order valence-corrected chi connectivity index (χ0v) is 9.28. The highest BCUT2D eigenvalue weighted by Crippen LogP contribution is 2.18. The second-order valence-electron chi connectivity index (χ2n) is 4.40. The van der Waals surface area contributed by atoms with Crippen molar-refractivity contribution in [1.29, 1.82) is 0 Å². The second-order valence-corrected chi connectivity index (χ2v) is 4.40. The molecule has 1 saturated heterocycles. The number of imidazole rings is 1. The summed E-state index contributed by atoms with van der Waals surface area (Å²) in [5, 5.41) is 0. The average Bonchev–Trinajstić information content (AvgIpc) is 2.91. The molecule has 2 heterocycles. The molecule has 1 fully saturated rings. The fourth-order valence-electron chi connectivity index (χ4n) is 2.31. The molecule has 17 heavy (non-hydrogen) atoms. The average molecular weight is 236 g/mol. The van der Waals surface area contributed by atoms with E-state index < -0.39 is 0 Å². The molecular weight excluding hydrogens is 223 g/mol. The molecule has 4 nitrogen and oxygen atoms in total. The monoisotopic (exact) mass is 236 g/mol. The smallest absolute Gasteiger partial charge is 0.326 e. The number of halogens is 1. The van der Waals surface area contributed by atoms with Crippen molar-refractivity contribution in [2.24, 2.45) is 5.92 Å². The summed E-state index contributed by atoms with van der Waals surface area (Å²) in [7, 11) is 0. The molecule has 0 aliphatic carbocycles. The number of hydrogen-bond donors (Lipinski definition) is 1. The number of rotatable bonds is 2. The molecule has 90 valence electrons. The maximum absolute atomic E-state index is 13.5. The Morgan fingerprint density at radius 3 is 3.18 bits per heavy atom. The maximum atomic E-state index is 13.5. The van der Waals surface area contributed by atoms with Crippen molar-refractivity contribution in [3.8, 4) is 0 Å². The van der Waals surface area contributed by atoms with E-state index in [0.717, 1.165) is 13.0 Å². The summed E-state index contributed by atoms with van der Waals surface area (Å²) >= 11 is 0. The van der Waals surface area contributed by atoms with E-state index in [-0.39, 0.29) is 17.0 Å². The van der Waals surface area contributed by atoms with E-state index in [1.54, 1.807) is 16.7 Å². The lowest BCUT2D eigenvalue weighted by atomic mass is 10.1. The van der Waals surface area contributed by atoms with Crippen LogP contribution in [0.3, 0.4) is 0 Å². The van der Waals surface area contributed by atoms with Gasteiger partial charge in [0.15, 0.2) is 0 Å². The number of aromatic amines is 1. The van der Waals surface area contributed by atoms with E-state index in [4.69, 9.17) is 4.74 Å². The molecule has 5 heteroatoms. The standard InChI is InChI=1S/C12H13FN2O2/c13-9-2-1-3-10-11(9)14-12(16)15(10)6-8-4-5-17-7-8/h1-3,8H,4-7H2,(H,14,16). The van der Waals surface area contributed by atoms with Crippen LogP contribution in [0.5, 0.6) is 0 Å². The molecule has 1 aromatic carbocycles. The van der Waals surface area contributed by atoms with Crippen molar-refractivity contribution in [2.45, 2.75) is 13.0 Å². The molecular formula is C12H13FN2O2. The number of hydrogen-bond acceptors (Lipinski definition) is 2. The molecule has 0 saturated carbocycles. The Labute approximate surface area is 97.0 Å². The summed E-state index contributed by atoms with van der Waals surface area (Å²) in [5.74, 6) is -0.0454. The maximum Gasteiger partial charge on any atom is 0.326 e. The van der Waals surface area contributed by atoms with Crippen molar-refractivity contribution in [1.82, 2.24) is 9.55 Å². The lowest BCUT2D eigenvalue weighted by Gasteiger charge is -2.08. The largest absolute Gasteiger partial charge is 0.381 e. The molecule has 1 aromatic heterocycles. The minimum Gasteiger partial charge on any atom is -0.381 e. The van der Waals surface area contributed by atoms with Crippen molar-refractivity contribution in [3.63, 3.8) is 0 Å². The molecule has 2 aromatic rings. The van der Waals surface area contributed by atoms with E-state index in [2.05, 4.69) is 4.98 Å². The van der Waals surface area contributed by atoms with Gasteiger partial charge in [0.2, 0.25) is 0 Å². The Balaban J connectivity index is 2.06. The minimum atomic E-state index is -0.388. The third-order valence-corrected chi connectivity index (χ3v) is 3.22. The van der Waals surface area contributed by atoms with Crippen LogP contribution in [-0.2, 0) is 11.3 Å². The van der Waals surface area contributed by atoms with Crippen LogP contribution in [0.4, 0.5) is 4.39 Å². The molecule has 1 N–H and O–H groups in total. The highest BCUT2D eigenvalue weighted by molar-refractivity contribution is 5.75. The number of ether oxygens (including phenoxy) is 1. The van der Waals surface area contributed by atoms with Gasteiger partial charge in [-0.2, -0.15) is 0 Å². The highest BCUT2D eigenvalue weighted by atomic mass is 19.1. The predicted molar refractivity (Wildman–Crippen MR) is 61.4 cm³/mol. The first kappa shape index (κ1) is 10.5. The molecule has 0 spiro atoms. The zero-order valence-electron chi connectivity index (χ0n) is 9.28. The summed E-state index contributed by atoms with van der Waals surface area (Å²) in [4.78, 5) is 14.3. The van der Waals surface area contributed by atoms with Gasteiger partial charge in [-0.3, -0.25) is 4.57 Å². The highest BCUT2D eigenvalue weighted by Gasteiger charge is 2.19. The van der Waals surface area contributed by atoms with Crippen LogP contribution in [-0.4, -0.2) is 22.8 Å². The topological polar surface area (TPSA) is 47.0 Å².